The number of ether oxygens (including phenoxy) is 2. The Kier molecular flexibility index (Phi) is 6.00. The van der Waals surface area contributed by atoms with Gasteiger partial charge in [-0.1, -0.05) is 12.1 Å². The topological polar surface area (TPSA) is 96.4 Å². The minimum absolute atomic E-state index is 0.0115. The number of para-hydroxylation sites is 1. The van der Waals surface area contributed by atoms with Crippen molar-refractivity contribution in [2.45, 2.75) is 6.92 Å². The number of esters is 1. The van der Waals surface area contributed by atoms with Crippen molar-refractivity contribution in [2.24, 2.45) is 0 Å². The monoisotopic (exact) mass is 336 g/mol. The number of carbonyl (C=O) groups excluding carboxylic acids is 3. The summed E-state index contributed by atoms with van der Waals surface area (Å²) in [5.74, 6) is -1.30. The molecule has 0 aromatic heterocycles. The van der Waals surface area contributed by atoms with Crippen LogP contribution < -0.4 is 0 Å². The molecule has 1 aromatic rings. The third-order valence-electron chi connectivity index (χ3n) is 3.61. The van der Waals surface area contributed by atoms with Crippen LogP contribution in [0.3, 0.4) is 0 Å². The van der Waals surface area contributed by atoms with Gasteiger partial charge in [-0.05, 0) is 19.1 Å². The number of hydrogen-bond donors (Lipinski definition) is 1. The molecule has 0 spiro atoms. The van der Waals surface area contributed by atoms with E-state index in [0.717, 1.165) is 0 Å². The van der Waals surface area contributed by atoms with Crippen LogP contribution in [0.5, 0.6) is 5.75 Å². The first-order chi connectivity index (χ1) is 11.5. The van der Waals surface area contributed by atoms with Crippen LogP contribution in [-0.2, 0) is 14.3 Å². The van der Waals surface area contributed by atoms with E-state index in [-0.39, 0.29) is 17.2 Å². The smallest absolute Gasteiger partial charge is 0.409 e. The normalized spacial score (nSPS) is 14.2. The third kappa shape index (κ3) is 4.37. The second kappa shape index (κ2) is 8.19. The van der Waals surface area contributed by atoms with Crippen LogP contribution in [0.15, 0.2) is 24.3 Å². The van der Waals surface area contributed by atoms with Crippen molar-refractivity contribution in [1.29, 1.82) is 0 Å². The number of benzene rings is 1. The van der Waals surface area contributed by atoms with E-state index in [2.05, 4.69) is 0 Å². The lowest BCUT2D eigenvalue weighted by atomic mass is 10.2. The molecule has 0 bridgehead atoms. The minimum Gasteiger partial charge on any atom is -0.507 e. The molecule has 1 N–H and O–H groups in total. The van der Waals surface area contributed by atoms with E-state index in [1.54, 1.807) is 19.1 Å². The van der Waals surface area contributed by atoms with Crippen LogP contribution in [0, 0.1) is 0 Å². The Morgan fingerprint density at radius 1 is 1.04 bits per heavy atom. The van der Waals surface area contributed by atoms with Crippen LogP contribution in [0.4, 0.5) is 4.79 Å². The number of nitrogens with zero attached hydrogens (tertiary/aromatic N) is 2. The van der Waals surface area contributed by atoms with E-state index >= 15 is 0 Å². The van der Waals surface area contributed by atoms with Crippen molar-refractivity contribution >= 4 is 18.0 Å². The summed E-state index contributed by atoms with van der Waals surface area (Å²) in [6.45, 7) is 3.08. The number of phenols is 1. The molecule has 1 heterocycles. The molecule has 130 valence electrons. The zero-order valence-electron chi connectivity index (χ0n) is 13.4. The zero-order valence-corrected chi connectivity index (χ0v) is 13.4. The number of amides is 2. The lowest BCUT2D eigenvalue weighted by Gasteiger charge is -2.33. The van der Waals surface area contributed by atoms with Gasteiger partial charge in [0.05, 0.1) is 6.61 Å². The molecule has 8 heteroatoms. The number of hydrogen-bond acceptors (Lipinski definition) is 6. The molecule has 1 saturated heterocycles. The van der Waals surface area contributed by atoms with Crippen LogP contribution in [-0.4, -0.2) is 72.3 Å². The summed E-state index contributed by atoms with van der Waals surface area (Å²) < 4.78 is 9.85. The van der Waals surface area contributed by atoms with Gasteiger partial charge in [0.15, 0.2) is 6.61 Å². The molecule has 0 aliphatic carbocycles. The van der Waals surface area contributed by atoms with Crippen molar-refractivity contribution in [3.63, 3.8) is 0 Å². The Bertz CT molecular complexity index is 610. The van der Waals surface area contributed by atoms with Crippen LogP contribution in [0.2, 0.25) is 0 Å². The van der Waals surface area contributed by atoms with Crippen molar-refractivity contribution < 1.29 is 29.0 Å². The molecule has 24 heavy (non-hydrogen) atoms. The minimum atomic E-state index is -0.758. The van der Waals surface area contributed by atoms with Gasteiger partial charge in [0.2, 0.25) is 0 Å². The van der Waals surface area contributed by atoms with Gasteiger partial charge in [0.25, 0.3) is 5.91 Å². The van der Waals surface area contributed by atoms with Crippen LogP contribution in [0.1, 0.15) is 17.3 Å². The van der Waals surface area contributed by atoms with E-state index in [4.69, 9.17) is 9.47 Å². The SMILES string of the molecule is CCOC(=O)N1CCN(C(=O)COC(=O)c2ccccc2O)CC1. The Balaban J connectivity index is 1.79. The molecule has 1 aromatic carbocycles. The molecule has 0 atom stereocenters. The second-order valence-corrected chi connectivity index (χ2v) is 5.16. The maximum Gasteiger partial charge on any atom is 0.409 e. The van der Waals surface area contributed by atoms with Gasteiger partial charge in [-0.25, -0.2) is 9.59 Å². The van der Waals surface area contributed by atoms with Crippen LogP contribution >= 0.6 is 0 Å². The first-order valence-electron chi connectivity index (χ1n) is 7.67. The van der Waals surface area contributed by atoms with Gasteiger partial charge in [0.1, 0.15) is 11.3 Å². The lowest BCUT2D eigenvalue weighted by Crippen LogP contribution is -2.51. The predicted octanol–water partition coefficient (Wildman–Crippen LogP) is 0.850. The van der Waals surface area contributed by atoms with Gasteiger partial charge in [-0.2, -0.15) is 0 Å². The van der Waals surface area contributed by atoms with Crippen molar-refractivity contribution in [1.82, 2.24) is 9.80 Å². The first kappa shape index (κ1) is 17.6. The molecule has 0 unspecified atom stereocenters. The third-order valence-corrected chi connectivity index (χ3v) is 3.61. The van der Waals surface area contributed by atoms with E-state index < -0.39 is 18.7 Å². The first-order valence-corrected chi connectivity index (χ1v) is 7.67. The van der Waals surface area contributed by atoms with Crippen molar-refractivity contribution in [3.05, 3.63) is 29.8 Å². The van der Waals surface area contributed by atoms with E-state index in [0.29, 0.717) is 32.8 Å². The fourth-order valence-corrected chi connectivity index (χ4v) is 2.30. The number of phenolic OH excluding ortho intramolecular Hbond substituents is 1. The lowest BCUT2D eigenvalue weighted by molar-refractivity contribution is -0.136. The standard InChI is InChI=1S/C16H20N2O6/c1-2-23-16(22)18-9-7-17(8-10-18)14(20)11-24-15(21)12-5-3-4-6-13(12)19/h3-6,19H,2,7-11H2,1H3. The number of rotatable bonds is 4. The molecular weight excluding hydrogens is 316 g/mol. The summed E-state index contributed by atoms with van der Waals surface area (Å²) in [4.78, 5) is 38.6. The molecule has 1 aliphatic heterocycles. The fraction of sp³-hybridized carbons (Fsp3) is 0.438. The van der Waals surface area contributed by atoms with E-state index in [1.807, 2.05) is 0 Å². The number of carbonyl (C=O) groups is 3. The molecule has 2 amide bonds. The number of piperazine rings is 1. The number of aromatic hydroxyl groups is 1. The quantitative estimate of drug-likeness (QED) is 0.819. The maximum absolute atomic E-state index is 12.1. The van der Waals surface area contributed by atoms with Gasteiger partial charge < -0.3 is 24.4 Å². The highest BCUT2D eigenvalue weighted by atomic mass is 16.6. The molecular formula is C16H20N2O6. The highest BCUT2D eigenvalue weighted by Gasteiger charge is 2.25. The van der Waals surface area contributed by atoms with Gasteiger partial charge in [0, 0.05) is 26.2 Å². The maximum atomic E-state index is 12.1. The zero-order chi connectivity index (χ0) is 17.5. The summed E-state index contributed by atoms with van der Waals surface area (Å²) in [5, 5.41) is 9.57. The largest absolute Gasteiger partial charge is 0.507 e. The predicted molar refractivity (Wildman–Crippen MR) is 83.6 cm³/mol. The Hall–Kier alpha value is -2.77. The fourth-order valence-electron chi connectivity index (χ4n) is 2.30. The summed E-state index contributed by atoms with van der Waals surface area (Å²) in [5.41, 5.74) is 0.0115. The Morgan fingerprint density at radius 3 is 2.29 bits per heavy atom. The molecule has 2 rings (SSSR count). The molecule has 8 nitrogen and oxygen atoms in total. The molecule has 0 saturated carbocycles. The van der Waals surface area contributed by atoms with E-state index in [1.165, 1.54) is 21.9 Å². The molecule has 0 radical (unpaired) electrons. The highest BCUT2D eigenvalue weighted by molar-refractivity contribution is 5.93. The molecule has 1 fully saturated rings. The average molecular weight is 336 g/mol. The summed E-state index contributed by atoms with van der Waals surface area (Å²) in [6.07, 6.45) is -0.393. The van der Waals surface area contributed by atoms with Gasteiger partial charge >= 0.3 is 12.1 Å². The summed E-state index contributed by atoms with van der Waals surface area (Å²) in [6, 6.07) is 5.96. The summed E-state index contributed by atoms with van der Waals surface area (Å²) in [7, 11) is 0. The highest BCUT2D eigenvalue weighted by Crippen LogP contribution is 2.16. The van der Waals surface area contributed by atoms with Gasteiger partial charge in [-0.3, -0.25) is 4.79 Å². The second-order valence-electron chi connectivity index (χ2n) is 5.16. The summed E-state index contributed by atoms with van der Waals surface area (Å²) >= 11 is 0. The van der Waals surface area contributed by atoms with Gasteiger partial charge in [-0.15, -0.1) is 0 Å². The van der Waals surface area contributed by atoms with E-state index in [9.17, 15) is 19.5 Å². The Morgan fingerprint density at radius 2 is 1.67 bits per heavy atom. The average Bonchev–Trinajstić information content (AvgIpc) is 2.60. The Labute approximate surface area is 139 Å². The van der Waals surface area contributed by atoms with Crippen LogP contribution in [0.25, 0.3) is 0 Å². The van der Waals surface area contributed by atoms with Crippen molar-refractivity contribution in [2.75, 3.05) is 39.4 Å². The molecule has 1 aliphatic rings. The van der Waals surface area contributed by atoms with Crippen molar-refractivity contribution in [3.8, 4) is 5.75 Å².